The molecule has 0 bridgehead atoms. The number of carbonyl (C=O) groups is 1. The van der Waals surface area contributed by atoms with Crippen LogP contribution < -0.4 is 15.8 Å². The van der Waals surface area contributed by atoms with Gasteiger partial charge in [0.25, 0.3) is 5.91 Å². The zero-order chi connectivity index (χ0) is 18.5. The quantitative estimate of drug-likeness (QED) is 0.667. The number of nitrogens with two attached hydrogens (primary N) is 1. The van der Waals surface area contributed by atoms with Crippen LogP contribution in [-0.4, -0.2) is 18.0 Å². The first-order valence-electron chi connectivity index (χ1n) is 7.97. The Morgan fingerprint density at radius 3 is 2.73 bits per heavy atom. The van der Waals surface area contributed by atoms with Gasteiger partial charge in [0, 0.05) is 13.0 Å². The summed E-state index contributed by atoms with van der Waals surface area (Å²) in [5.74, 6) is 0.565. The molecule has 0 saturated carbocycles. The minimum absolute atomic E-state index is 0.244. The van der Waals surface area contributed by atoms with Gasteiger partial charge in [0.05, 0.1) is 29.0 Å². The number of nitrogens with one attached hydrogen (secondary N) is 1. The molecule has 1 aromatic heterocycles. The summed E-state index contributed by atoms with van der Waals surface area (Å²) in [5, 5.41) is 4.16. The molecule has 0 spiro atoms. The second-order valence-corrected chi connectivity index (χ2v) is 7.10. The second-order valence-electron chi connectivity index (χ2n) is 5.58. The Kier molecular flexibility index (Phi) is 5.88. The zero-order valence-electron chi connectivity index (χ0n) is 14.2. The number of halogens is 1. The predicted octanol–water partition coefficient (Wildman–Crippen LogP) is 4.11. The van der Waals surface area contributed by atoms with Crippen LogP contribution in [0.3, 0.4) is 0 Å². The summed E-state index contributed by atoms with van der Waals surface area (Å²) in [4.78, 5) is 17.4. The number of carbonyl (C=O) groups excluding carboxylic acids is 1. The fraction of sp³-hybridized carbons (Fsp3) is 0.158. The lowest BCUT2D eigenvalue weighted by Crippen LogP contribution is -2.13. The smallest absolute Gasteiger partial charge is 0.267 e. The third kappa shape index (κ3) is 4.22. The molecule has 0 fully saturated rings. The highest BCUT2D eigenvalue weighted by molar-refractivity contribution is 7.13. The van der Waals surface area contributed by atoms with E-state index in [1.54, 1.807) is 25.4 Å². The summed E-state index contributed by atoms with van der Waals surface area (Å²) in [6.45, 7) is 0.293. The van der Waals surface area contributed by atoms with Crippen molar-refractivity contribution in [1.29, 1.82) is 0 Å². The maximum Gasteiger partial charge on any atom is 0.267 e. The highest BCUT2D eigenvalue weighted by atomic mass is 35.5. The van der Waals surface area contributed by atoms with Gasteiger partial charge in [-0.25, -0.2) is 4.98 Å². The number of thiazole rings is 1. The number of hydrogen-bond acceptors (Lipinski definition) is 5. The minimum atomic E-state index is -0.244. The van der Waals surface area contributed by atoms with E-state index in [2.05, 4.69) is 10.3 Å². The highest BCUT2D eigenvalue weighted by Crippen LogP contribution is 2.27. The molecule has 0 atom stereocenters. The van der Waals surface area contributed by atoms with Gasteiger partial charge in [-0.2, -0.15) is 0 Å². The monoisotopic (exact) mass is 387 g/mol. The van der Waals surface area contributed by atoms with Gasteiger partial charge in [0.15, 0.2) is 0 Å². The van der Waals surface area contributed by atoms with Crippen LogP contribution in [-0.2, 0) is 13.0 Å². The molecule has 2 aromatic carbocycles. The van der Waals surface area contributed by atoms with Crippen molar-refractivity contribution >= 4 is 34.5 Å². The van der Waals surface area contributed by atoms with Gasteiger partial charge in [-0.1, -0.05) is 35.9 Å². The molecule has 0 aliphatic carbocycles. The number of benzene rings is 2. The molecular formula is C19H18ClN3O2S. The van der Waals surface area contributed by atoms with Crippen molar-refractivity contribution in [1.82, 2.24) is 4.98 Å². The van der Waals surface area contributed by atoms with Crippen molar-refractivity contribution < 1.29 is 9.53 Å². The van der Waals surface area contributed by atoms with Crippen LogP contribution >= 0.6 is 22.9 Å². The molecule has 0 aliphatic rings. The Hall–Kier alpha value is -2.41. The van der Waals surface area contributed by atoms with E-state index in [0.29, 0.717) is 28.6 Å². The largest absolute Gasteiger partial charge is 0.497 e. The Balaban J connectivity index is 1.72. The van der Waals surface area contributed by atoms with Crippen molar-refractivity contribution in [2.45, 2.75) is 13.0 Å². The molecule has 5 nitrogen and oxygen atoms in total. The highest BCUT2D eigenvalue weighted by Gasteiger charge is 2.14. The summed E-state index contributed by atoms with van der Waals surface area (Å²) < 4.78 is 5.15. The molecule has 0 unspecified atom stereocenters. The van der Waals surface area contributed by atoms with Gasteiger partial charge in [0.2, 0.25) is 0 Å². The van der Waals surface area contributed by atoms with Gasteiger partial charge >= 0.3 is 0 Å². The summed E-state index contributed by atoms with van der Waals surface area (Å²) in [6, 6.07) is 13.1. The van der Waals surface area contributed by atoms with E-state index in [-0.39, 0.29) is 5.91 Å². The Labute approximate surface area is 160 Å². The lowest BCUT2D eigenvalue weighted by atomic mass is 10.1. The number of rotatable bonds is 6. The first-order valence-corrected chi connectivity index (χ1v) is 9.16. The maximum atomic E-state index is 12.5. The zero-order valence-corrected chi connectivity index (χ0v) is 15.7. The normalized spacial score (nSPS) is 10.6. The lowest BCUT2D eigenvalue weighted by molar-refractivity contribution is 0.103. The summed E-state index contributed by atoms with van der Waals surface area (Å²) in [5.41, 5.74) is 8.15. The van der Waals surface area contributed by atoms with Gasteiger partial charge < -0.3 is 15.8 Å². The number of amides is 1. The van der Waals surface area contributed by atoms with Crippen molar-refractivity contribution in [2.24, 2.45) is 5.73 Å². The topological polar surface area (TPSA) is 77.2 Å². The molecule has 0 radical (unpaired) electrons. The number of aromatic nitrogens is 1. The summed E-state index contributed by atoms with van der Waals surface area (Å²) in [6.07, 6.45) is 2.24. The molecule has 3 rings (SSSR count). The van der Waals surface area contributed by atoms with E-state index in [9.17, 15) is 4.79 Å². The fourth-order valence-corrected chi connectivity index (χ4v) is 3.56. The first-order chi connectivity index (χ1) is 12.6. The third-order valence-corrected chi connectivity index (χ3v) is 5.16. The van der Waals surface area contributed by atoms with Crippen LogP contribution in [0.2, 0.25) is 5.02 Å². The van der Waals surface area contributed by atoms with Crippen molar-refractivity contribution in [3.05, 3.63) is 74.7 Å². The van der Waals surface area contributed by atoms with Gasteiger partial charge in [0.1, 0.15) is 10.6 Å². The molecule has 0 aliphatic heterocycles. The predicted molar refractivity (Wildman–Crippen MR) is 105 cm³/mol. The van der Waals surface area contributed by atoms with Crippen LogP contribution in [0.1, 0.15) is 25.8 Å². The van der Waals surface area contributed by atoms with E-state index in [4.69, 9.17) is 22.1 Å². The number of ether oxygens (including phenoxy) is 1. The SMILES string of the molecule is COc1ccc(Cc2ncc(C(=O)Nc3c(Cl)cccc3CN)s2)cc1. The van der Waals surface area contributed by atoms with Gasteiger partial charge in [-0.3, -0.25) is 4.79 Å². The van der Waals surface area contributed by atoms with Crippen molar-refractivity contribution in [3.63, 3.8) is 0 Å². The lowest BCUT2D eigenvalue weighted by Gasteiger charge is -2.10. The van der Waals surface area contributed by atoms with E-state index < -0.39 is 0 Å². The number of nitrogens with zero attached hydrogens (tertiary/aromatic N) is 1. The van der Waals surface area contributed by atoms with E-state index in [0.717, 1.165) is 21.9 Å². The molecule has 0 saturated heterocycles. The van der Waals surface area contributed by atoms with Gasteiger partial charge in [-0.05, 0) is 29.3 Å². The third-order valence-electron chi connectivity index (χ3n) is 3.85. The average Bonchev–Trinajstić information content (AvgIpc) is 3.12. The standard InChI is InChI=1S/C19H18ClN3O2S/c1-25-14-7-5-12(6-8-14)9-17-22-11-16(26-17)19(24)23-18-13(10-21)3-2-4-15(18)20/h2-8,11H,9-10,21H2,1H3,(H,23,24). The molecule has 26 heavy (non-hydrogen) atoms. The summed E-state index contributed by atoms with van der Waals surface area (Å²) >= 11 is 7.54. The molecule has 3 N–H and O–H groups in total. The molecule has 3 aromatic rings. The number of hydrogen-bond donors (Lipinski definition) is 2. The minimum Gasteiger partial charge on any atom is -0.497 e. The first kappa shape index (κ1) is 18.4. The maximum absolute atomic E-state index is 12.5. The number of para-hydroxylation sites is 1. The van der Waals surface area contributed by atoms with Crippen LogP contribution in [0.25, 0.3) is 0 Å². The average molecular weight is 388 g/mol. The van der Waals surface area contributed by atoms with Crippen molar-refractivity contribution in [2.75, 3.05) is 12.4 Å². The van der Waals surface area contributed by atoms with Gasteiger partial charge in [-0.15, -0.1) is 11.3 Å². The number of anilines is 1. The molecule has 134 valence electrons. The molecular weight excluding hydrogens is 370 g/mol. The van der Waals surface area contributed by atoms with E-state index in [1.807, 2.05) is 30.3 Å². The van der Waals surface area contributed by atoms with Crippen LogP contribution in [0, 0.1) is 0 Å². The summed E-state index contributed by atoms with van der Waals surface area (Å²) in [7, 11) is 1.63. The Morgan fingerprint density at radius 2 is 2.04 bits per heavy atom. The molecule has 1 heterocycles. The Bertz CT molecular complexity index is 909. The van der Waals surface area contributed by atoms with Crippen LogP contribution in [0.15, 0.2) is 48.7 Å². The molecule has 7 heteroatoms. The molecule has 1 amide bonds. The van der Waals surface area contributed by atoms with Crippen molar-refractivity contribution in [3.8, 4) is 5.75 Å². The second kappa shape index (κ2) is 8.31. The van der Waals surface area contributed by atoms with E-state index in [1.165, 1.54) is 11.3 Å². The van der Waals surface area contributed by atoms with E-state index >= 15 is 0 Å². The Morgan fingerprint density at radius 1 is 1.27 bits per heavy atom. The number of methoxy groups -OCH3 is 1. The van der Waals surface area contributed by atoms with Crippen LogP contribution in [0.4, 0.5) is 5.69 Å². The fourth-order valence-electron chi connectivity index (χ4n) is 2.47. The van der Waals surface area contributed by atoms with Crippen LogP contribution in [0.5, 0.6) is 5.75 Å².